The summed E-state index contributed by atoms with van der Waals surface area (Å²) in [6.45, 7) is 5.22. The summed E-state index contributed by atoms with van der Waals surface area (Å²) in [4.78, 5) is 11.6. The van der Waals surface area contributed by atoms with Gasteiger partial charge in [-0.15, -0.1) is 0 Å². The van der Waals surface area contributed by atoms with Crippen LogP contribution >= 0.6 is 0 Å². The lowest BCUT2D eigenvalue weighted by Crippen LogP contribution is -2.35. The van der Waals surface area contributed by atoms with Gasteiger partial charge in [-0.25, -0.2) is 0 Å². The van der Waals surface area contributed by atoms with Crippen LogP contribution in [0.2, 0.25) is 0 Å². The van der Waals surface area contributed by atoms with Crippen LogP contribution < -0.4 is 10.6 Å². The van der Waals surface area contributed by atoms with Crippen LogP contribution in [0, 0.1) is 11.3 Å². The van der Waals surface area contributed by atoms with Crippen LogP contribution in [0.25, 0.3) is 0 Å². The normalized spacial score (nSPS) is 28.5. The molecule has 1 unspecified atom stereocenters. The maximum absolute atomic E-state index is 11.6. The van der Waals surface area contributed by atoms with Crippen molar-refractivity contribution in [3.63, 3.8) is 0 Å². The molecule has 1 saturated carbocycles. The summed E-state index contributed by atoms with van der Waals surface area (Å²) in [7, 11) is 0. The van der Waals surface area contributed by atoms with E-state index in [-0.39, 0.29) is 11.3 Å². The number of rotatable bonds is 4. The number of amides is 1. The van der Waals surface area contributed by atoms with E-state index in [9.17, 15) is 4.79 Å². The molecule has 2 fully saturated rings. The van der Waals surface area contributed by atoms with Gasteiger partial charge >= 0.3 is 0 Å². The molecule has 1 aliphatic heterocycles. The highest BCUT2D eigenvalue weighted by atomic mass is 16.2. The SMILES string of the molecule is CC1(C(=O)NCCC2CCCNC2)CC1. The Morgan fingerprint density at radius 2 is 2.33 bits per heavy atom. The van der Waals surface area contributed by atoms with Gasteiger partial charge in [0.15, 0.2) is 0 Å². The van der Waals surface area contributed by atoms with Crippen molar-refractivity contribution in [2.75, 3.05) is 19.6 Å². The number of hydrogen-bond donors (Lipinski definition) is 2. The van der Waals surface area contributed by atoms with Crippen LogP contribution in [0.15, 0.2) is 0 Å². The standard InChI is InChI=1S/C12H22N2O/c1-12(5-6-12)11(15)14-8-4-10-3-2-7-13-9-10/h10,13H,2-9H2,1H3,(H,14,15). The number of carbonyl (C=O) groups is 1. The van der Waals surface area contributed by atoms with Crippen molar-refractivity contribution in [2.24, 2.45) is 11.3 Å². The predicted octanol–water partition coefficient (Wildman–Crippen LogP) is 1.29. The van der Waals surface area contributed by atoms with E-state index in [1.807, 2.05) is 0 Å². The van der Waals surface area contributed by atoms with E-state index in [0.29, 0.717) is 0 Å². The van der Waals surface area contributed by atoms with Gasteiger partial charge in [0.1, 0.15) is 0 Å². The Hall–Kier alpha value is -0.570. The summed E-state index contributed by atoms with van der Waals surface area (Å²) >= 11 is 0. The molecule has 1 heterocycles. The number of carbonyl (C=O) groups excluding carboxylic acids is 1. The second-order valence-corrected chi connectivity index (χ2v) is 5.32. The third-order valence-electron chi connectivity index (χ3n) is 3.79. The summed E-state index contributed by atoms with van der Waals surface area (Å²) in [5.41, 5.74) is -0.00911. The zero-order valence-electron chi connectivity index (χ0n) is 9.64. The second-order valence-electron chi connectivity index (χ2n) is 5.32. The van der Waals surface area contributed by atoms with Crippen molar-refractivity contribution < 1.29 is 4.79 Å². The van der Waals surface area contributed by atoms with Crippen LogP contribution in [-0.4, -0.2) is 25.5 Å². The molecule has 0 aromatic heterocycles. The summed E-state index contributed by atoms with van der Waals surface area (Å²) in [5.74, 6) is 1.04. The van der Waals surface area contributed by atoms with Crippen LogP contribution in [0.5, 0.6) is 0 Å². The molecule has 0 aromatic carbocycles. The quantitative estimate of drug-likeness (QED) is 0.734. The Morgan fingerprint density at radius 3 is 2.93 bits per heavy atom. The number of piperidine rings is 1. The first kappa shape index (κ1) is 10.9. The molecule has 0 bridgehead atoms. The zero-order chi connectivity index (χ0) is 10.7. The topological polar surface area (TPSA) is 41.1 Å². The second kappa shape index (κ2) is 4.52. The monoisotopic (exact) mass is 210 g/mol. The van der Waals surface area contributed by atoms with Crippen molar-refractivity contribution in [1.29, 1.82) is 0 Å². The van der Waals surface area contributed by atoms with E-state index in [4.69, 9.17) is 0 Å². The molecular formula is C12H22N2O. The highest BCUT2D eigenvalue weighted by Gasteiger charge is 2.44. The van der Waals surface area contributed by atoms with E-state index < -0.39 is 0 Å². The maximum atomic E-state index is 11.6. The molecule has 1 atom stereocenters. The molecule has 1 saturated heterocycles. The lowest BCUT2D eigenvalue weighted by Gasteiger charge is -2.22. The highest BCUT2D eigenvalue weighted by molar-refractivity contribution is 5.84. The van der Waals surface area contributed by atoms with Gasteiger partial charge in [0.25, 0.3) is 0 Å². The molecule has 3 nitrogen and oxygen atoms in total. The molecule has 1 aliphatic carbocycles. The average molecular weight is 210 g/mol. The van der Waals surface area contributed by atoms with Crippen LogP contribution in [-0.2, 0) is 4.79 Å². The molecule has 2 aliphatic rings. The van der Waals surface area contributed by atoms with Gasteiger partial charge in [-0.2, -0.15) is 0 Å². The van der Waals surface area contributed by atoms with E-state index >= 15 is 0 Å². The molecule has 0 aromatic rings. The van der Waals surface area contributed by atoms with E-state index in [1.54, 1.807) is 0 Å². The molecule has 0 radical (unpaired) electrons. The summed E-state index contributed by atoms with van der Waals surface area (Å²) < 4.78 is 0. The third-order valence-corrected chi connectivity index (χ3v) is 3.79. The average Bonchev–Trinajstić information content (AvgIpc) is 2.99. The summed E-state index contributed by atoms with van der Waals surface area (Å²) in [6.07, 6.45) is 5.89. The van der Waals surface area contributed by atoms with Crippen LogP contribution in [0.3, 0.4) is 0 Å². The Kier molecular flexibility index (Phi) is 3.29. The largest absolute Gasteiger partial charge is 0.356 e. The van der Waals surface area contributed by atoms with Gasteiger partial charge in [-0.3, -0.25) is 4.79 Å². The van der Waals surface area contributed by atoms with Crippen molar-refractivity contribution in [3.8, 4) is 0 Å². The highest BCUT2D eigenvalue weighted by Crippen LogP contribution is 2.44. The van der Waals surface area contributed by atoms with Crippen molar-refractivity contribution in [3.05, 3.63) is 0 Å². The Labute approximate surface area is 92.0 Å². The predicted molar refractivity (Wildman–Crippen MR) is 60.6 cm³/mol. The molecule has 1 amide bonds. The molecule has 2 N–H and O–H groups in total. The van der Waals surface area contributed by atoms with E-state index in [0.717, 1.165) is 38.3 Å². The minimum Gasteiger partial charge on any atom is -0.356 e. The first-order valence-corrected chi connectivity index (χ1v) is 6.20. The van der Waals surface area contributed by atoms with Gasteiger partial charge in [0.05, 0.1) is 0 Å². The fourth-order valence-corrected chi connectivity index (χ4v) is 2.19. The molecule has 15 heavy (non-hydrogen) atoms. The van der Waals surface area contributed by atoms with Crippen molar-refractivity contribution in [2.45, 2.75) is 39.0 Å². The van der Waals surface area contributed by atoms with Gasteiger partial charge in [0, 0.05) is 12.0 Å². The lowest BCUT2D eigenvalue weighted by molar-refractivity contribution is -0.125. The van der Waals surface area contributed by atoms with Crippen LogP contribution in [0.1, 0.15) is 39.0 Å². The molecular weight excluding hydrogens is 188 g/mol. The van der Waals surface area contributed by atoms with Gasteiger partial charge in [0.2, 0.25) is 5.91 Å². The first-order valence-electron chi connectivity index (χ1n) is 6.20. The third kappa shape index (κ3) is 2.94. The maximum Gasteiger partial charge on any atom is 0.225 e. The summed E-state index contributed by atoms with van der Waals surface area (Å²) in [6, 6.07) is 0. The van der Waals surface area contributed by atoms with Gasteiger partial charge < -0.3 is 10.6 Å². The minimum absolute atomic E-state index is 0.00911. The minimum atomic E-state index is -0.00911. The van der Waals surface area contributed by atoms with Crippen LogP contribution in [0.4, 0.5) is 0 Å². The molecule has 86 valence electrons. The Bertz CT molecular complexity index is 230. The Balaban J connectivity index is 1.59. The molecule has 0 spiro atoms. The first-order chi connectivity index (χ1) is 7.21. The zero-order valence-corrected chi connectivity index (χ0v) is 9.64. The van der Waals surface area contributed by atoms with Gasteiger partial charge in [-0.05, 0) is 51.1 Å². The fraction of sp³-hybridized carbons (Fsp3) is 0.917. The van der Waals surface area contributed by atoms with E-state index in [1.165, 1.54) is 19.4 Å². The Morgan fingerprint density at radius 1 is 1.53 bits per heavy atom. The van der Waals surface area contributed by atoms with Gasteiger partial charge in [-0.1, -0.05) is 6.92 Å². The number of hydrogen-bond acceptors (Lipinski definition) is 2. The number of nitrogens with one attached hydrogen (secondary N) is 2. The lowest BCUT2D eigenvalue weighted by atomic mass is 9.96. The van der Waals surface area contributed by atoms with Crippen molar-refractivity contribution in [1.82, 2.24) is 10.6 Å². The molecule has 2 rings (SSSR count). The molecule has 3 heteroatoms. The van der Waals surface area contributed by atoms with Crippen molar-refractivity contribution >= 4 is 5.91 Å². The smallest absolute Gasteiger partial charge is 0.225 e. The van der Waals surface area contributed by atoms with E-state index in [2.05, 4.69) is 17.6 Å². The fourth-order valence-electron chi connectivity index (χ4n) is 2.19. The summed E-state index contributed by atoms with van der Waals surface area (Å²) in [5, 5.41) is 6.47.